The number of aromatic hydroxyl groups is 1. The second kappa shape index (κ2) is 7.03. The van der Waals surface area contributed by atoms with Crippen LogP contribution in [0.25, 0.3) is 10.9 Å². The number of phenols is 1. The summed E-state index contributed by atoms with van der Waals surface area (Å²) in [5, 5.41) is 14.7. The Balaban J connectivity index is 1.94. The van der Waals surface area contributed by atoms with Crippen LogP contribution in [-0.2, 0) is 0 Å². The van der Waals surface area contributed by atoms with E-state index in [1.54, 1.807) is 37.3 Å². The van der Waals surface area contributed by atoms with Gasteiger partial charge >= 0.3 is 0 Å². The molecule has 1 heterocycles. The molecule has 0 aliphatic carbocycles. The molecule has 2 N–H and O–H groups in total. The number of pyridine rings is 1. The lowest BCUT2D eigenvalue weighted by Crippen LogP contribution is -2.20. The van der Waals surface area contributed by atoms with Gasteiger partial charge in [0, 0.05) is 21.1 Å². The summed E-state index contributed by atoms with van der Waals surface area (Å²) in [6.45, 7) is 3.57. The molecule has 1 aromatic heterocycles. The number of nitrogens with one attached hydrogen (secondary N) is 1. The lowest BCUT2D eigenvalue weighted by molar-refractivity contribution is 0.0956. The smallest absolute Gasteiger partial charge is 0.272 e. The molecule has 3 rings (SSSR count). The van der Waals surface area contributed by atoms with E-state index in [0.29, 0.717) is 16.8 Å². The van der Waals surface area contributed by atoms with E-state index in [1.807, 2.05) is 25.1 Å². The molecule has 0 fully saturated rings. The van der Waals surface area contributed by atoms with Crippen LogP contribution in [0.4, 0.5) is 0 Å². The predicted molar refractivity (Wildman–Crippen MR) is 102 cm³/mol. The van der Waals surface area contributed by atoms with Gasteiger partial charge in [0.05, 0.1) is 16.8 Å². The second-order valence-corrected chi connectivity index (χ2v) is 6.54. The SMILES string of the molecule is CC(=NNC(=O)c1cc(C)nc2ccc(Br)cc12)c1ccccc1O. The van der Waals surface area contributed by atoms with Crippen LogP contribution in [0.3, 0.4) is 0 Å². The monoisotopic (exact) mass is 397 g/mol. The van der Waals surface area contributed by atoms with Crippen molar-refractivity contribution >= 4 is 38.5 Å². The Morgan fingerprint density at radius 2 is 1.92 bits per heavy atom. The van der Waals surface area contributed by atoms with Crippen molar-refractivity contribution in [2.45, 2.75) is 13.8 Å². The molecular weight excluding hydrogens is 382 g/mol. The van der Waals surface area contributed by atoms with Gasteiger partial charge in [0.2, 0.25) is 0 Å². The number of rotatable bonds is 3. The number of aryl methyl sites for hydroxylation is 1. The number of fused-ring (bicyclic) bond motifs is 1. The molecule has 0 saturated heterocycles. The van der Waals surface area contributed by atoms with Gasteiger partial charge < -0.3 is 5.11 Å². The number of halogens is 1. The Morgan fingerprint density at radius 1 is 1.16 bits per heavy atom. The normalized spacial score (nSPS) is 11.6. The van der Waals surface area contributed by atoms with E-state index in [1.165, 1.54) is 0 Å². The second-order valence-electron chi connectivity index (χ2n) is 5.63. The molecule has 6 heteroatoms. The first-order chi connectivity index (χ1) is 12.0. The molecule has 0 atom stereocenters. The maximum Gasteiger partial charge on any atom is 0.272 e. The fourth-order valence-corrected chi connectivity index (χ4v) is 2.91. The number of para-hydroxylation sites is 1. The molecule has 5 nitrogen and oxygen atoms in total. The van der Waals surface area contributed by atoms with Crippen molar-refractivity contribution in [3.8, 4) is 5.75 Å². The van der Waals surface area contributed by atoms with Gasteiger partial charge in [0.1, 0.15) is 5.75 Å². The fourth-order valence-electron chi connectivity index (χ4n) is 2.55. The molecule has 0 aliphatic heterocycles. The van der Waals surface area contributed by atoms with E-state index in [2.05, 4.69) is 31.4 Å². The highest BCUT2D eigenvalue weighted by molar-refractivity contribution is 9.10. The summed E-state index contributed by atoms with van der Waals surface area (Å²) in [7, 11) is 0. The summed E-state index contributed by atoms with van der Waals surface area (Å²) in [6.07, 6.45) is 0. The van der Waals surface area contributed by atoms with Gasteiger partial charge in [-0.05, 0) is 50.2 Å². The van der Waals surface area contributed by atoms with Gasteiger partial charge in [0.25, 0.3) is 5.91 Å². The third-order valence-electron chi connectivity index (χ3n) is 3.76. The summed E-state index contributed by atoms with van der Waals surface area (Å²) in [6, 6.07) is 14.2. The van der Waals surface area contributed by atoms with Gasteiger partial charge in [-0.3, -0.25) is 9.78 Å². The zero-order chi connectivity index (χ0) is 18.0. The Kier molecular flexibility index (Phi) is 4.81. The molecule has 0 aliphatic rings. The Hall–Kier alpha value is -2.73. The topological polar surface area (TPSA) is 74.6 Å². The zero-order valence-electron chi connectivity index (χ0n) is 13.7. The van der Waals surface area contributed by atoms with Gasteiger partial charge in [-0.1, -0.05) is 28.1 Å². The average molecular weight is 398 g/mol. The first kappa shape index (κ1) is 17.1. The Labute approximate surface area is 153 Å². The lowest BCUT2D eigenvalue weighted by atomic mass is 10.1. The van der Waals surface area contributed by atoms with Gasteiger partial charge in [-0.15, -0.1) is 0 Å². The van der Waals surface area contributed by atoms with E-state index in [4.69, 9.17) is 0 Å². The quantitative estimate of drug-likeness (QED) is 0.514. The van der Waals surface area contributed by atoms with E-state index in [0.717, 1.165) is 21.1 Å². The highest BCUT2D eigenvalue weighted by Crippen LogP contribution is 2.23. The molecular formula is C19H16BrN3O2. The standard InChI is InChI=1S/C19H16BrN3O2/c1-11-9-16(15-10-13(20)7-8-17(15)21-11)19(25)23-22-12(2)14-5-3-4-6-18(14)24/h3-10,24H,1-2H3,(H,23,25). The number of hydrogen-bond acceptors (Lipinski definition) is 4. The molecule has 0 spiro atoms. The number of carbonyl (C=O) groups excluding carboxylic acids is 1. The number of amides is 1. The van der Waals surface area contributed by atoms with Crippen molar-refractivity contribution in [2.75, 3.05) is 0 Å². The first-order valence-corrected chi connectivity index (χ1v) is 8.45. The maximum absolute atomic E-state index is 12.6. The molecule has 0 saturated carbocycles. The highest BCUT2D eigenvalue weighted by Gasteiger charge is 2.13. The van der Waals surface area contributed by atoms with Gasteiger partial charge in [-0.2, -0.15) is 5.10 Å². The average Bonchev–Trinajstić information content (AvgIpc) is 2.59. The van der Waals surface area contributed by atoms with Gasteiger partial charge in [0.15, 0.2) is 0 Å². The Morgan fingerprint density at radius 3 is 2.68 bits per heavy atom. The van der Waals surface area contributed by atoms with Crippen LogP contribution in [0, 0.1) is 6.92 Å². The minimum absolute atomic E-state index is 0.118. The number of hydrogen-bond donors (Lipinski definition) is 2. The minimum atomic E-state index is -0.330. The summed E-state index contributed by atoms with van der Waals surface area (Å²) < 4.78 is 0.869. The molecule has 0 bridgehead atoms. The van der Waals surface area contributed by atoms with E-state index in [9.17, 15) is 9.90 Å². The van der Waals surface area contributed by atoms with Crippen LogP contribution < -0.4 is 5.43 Å². The van der Waals surface area contributed by atoms with Crippen LogP contribution in [0.5, 0.6) is 5.75 Å². The van der Waals surface area contributed by atoms with E-state index < -0.39 is 0 Å². The van der Waals surface area contributed by atoms with E-state index >= 15 is 0 Å². The summed E-state index contributed by atoms with van der Waals surface area (Å²) in [5.41, 5.74) is 5.64. The van der Waals surface area contributed by atoms with E-state index in [-0.39, 0.29) is 11.7 Å². The summed E-state index contributed by atoms with van der Waals surface area (Å²) in [5.74, 6) is -0.212. The number of phenolic OH excluding ortho intramolecular Hbond substituents is 1. The summed E-state index contributed by atoms with van der Waals surface area (Å²) >= 11 is 3.42. The van der Waals surface area contributed by atoms with Crippen LogP contribution in [0.2, 0.25) is 0 Å². The zero-order valence-corrected chi connectivity index (χ0v) is 15.3. The highest BCUT2D eigenvalue weighted by atomic mass is 79.9. The fraction of sp³-hybridized carbons (Fsp3) is 0.105. The largest absolute Gasteiger partial charge is 0.507 e. The van der Waals surface area contributed by atoms with Crippen molar-refractivity contribution in [1.82, 2.24) is 10.4 Å². The van der Waals surface area contributed by atoms with Crippen molar-refractivity contribution in [3.63, 3.8) is 0 Å². The third-order valence-corrected chi connectivity index (χ3v) is 4.26. The molecule has 2 aromatic carbocycles. The van der Waals surface area contributed by atoms with Crippen molar-refractivity contribution in [2.24, 2.45) is 5.10 Å². The molecule has 126 valence electrons. The molecule has 3 aromatic rings. The first-order valence-electron chi connectivity index (χ1n) is 7.65. The third kappa shape index (κ3) is 3.69. The number of carbonyl (C=O) groups is 1. The molecule has 0 unspecified atom stereocenters. The number of hydrazone groups is 1. The lowest BCUT2D eigenvalue weighted by Gasteiger charge is -2.08. The summed E-state index contributed by atoms with van der Waals surface area (Å²) in [4.78, 5) is 17.1. The Bertz CT molecular complexity index is 999. The van der Waals surface area contributed by atoms with Crippen molar-refractivity contribution in [1.29, 1.82) is 0 Å². The molecule has 1 amide bonds. The van der Waals surface area contributed by atoms with Crippen LogP contribution in [0.1, 0.15) is 28.5 Å². The molecule has 25 heavy (non-hydrogen) atoms. The number of nitrogens with zero attached hydrogens (tertiary/aromatic N) is 2. The molecule has 0 radical (unpaired) electrons. The predicted octanol–water partition coefficient (Wildman–Crippen LogP) is 4.17. The minimum Gasteiger partial charge on any atom is -0.507 e. The van der Waals surface area contributed by atoms with Crippen LogP contribution in [-0.4, -0.2) is 21.7 Å². The van der Waals surface area contributed by atoms with Gasteiger partial charge in [-0.25, -0.2) is 5.43 Å². The number of benzene rings is 2. The van der Waals surface area contributed by atoms with Crippen LogP contribution >= 0.6 is 15.9 Å². The van der Waals surface area contributed by atoms with Crippen molar-refractivity contribution in [3.05, 3.63) is 69.8 Å². The number of aromatic nitrogens is 1. The van der Waals surface area contributed by atoms with Crippen LogP contribution in [0.15, 0.2) is 58.1 Å². The van der Waals surface area contributed by atoms with Crippen molar-refractivity contribution < 1.29 is 9.90 Å². The maximum atomic E-state index is 12.6.